The molecule has 0 amide bonds. The van der Waals surface area contributed by atoms with E-state index in [2.05, 4.69) is 15.0 Å². The zero-order valence-corrected chi connectivity index (χ0v) is 18.8. The predicted molar refractivity (Wildman–Crippen MR) is 123 cm³/mol. The van der Waals surface area contributed by atoms with E-state index in [-0.39, 0.29) is 36.5 Å². The number of hydrogen-bond acceptors (Lipinski definition) is 9. The fourth-order valence-corrected chi connectivity index (χ4v) is 1.62. The summed E-state index contributed by atoms with van der Waals surface area (Å²) in [5.41, 5.74) is -0.0486. The van der Waals surface area contributed by atoms with Crippen LogP contribution < -0.4 is 0 Å². The van der Waals surface area contributed by atoms with E-state index in [1.165, 1.54) is 55.4 Å². The molecule has 12 heteroatoms. The van der Waals surface area contributed by atoms with Gasteiger partial charge in [0.25, 0.3) is 0 Å². The summed E-state index contributed by atoms with van der Waals surface area (Å²) >= 11 is 0. The minimum absolute atomic E-state index is 0.181. The predicted octanol–water partition coefficient (Wildman–Crippen LogP) is 1.31. The van der Waals surface area contributed by atoms with Gasteiger partial charge in [-0.15, -0.1) is 0 Å². The minimum Gasteiger partial charge on any atom is -0.478 e. The normalized spacial score (nSPS) is 9.60. The topological polar surface area (TPSA) is 211 Å². The van der Waals surface area contributed by atoms with Gasteiger partial charge in [0, 0.05) is 42.6 Å². The molecule has 0 aliphatic heterocycles. The molecule has 3 heterocycles. The number of aromatic carboxylic acids is 3. The summed E-state index contributed by atoms with van der Waals surface area (Å²) < 4.78 is 0. The molecule has 3 aromatic heterocycles. The van der Waals surface area contributed by atoms with Crippen LogP contribution in [0.1, 0.15) is 38.0 Å². The van der Waals surface area contributed by atoms with Crippen molar-refractivity contribution < 1.29 is 45.0 Å². The second-order valence-electron chi connectivity index (χ2n) is 6.93. The maximum atomic E-state index is 10.2. The number of carboxylic acid groups (broad SMARTS) is 3. The molecule has 0 spiro atoms. The molecule has 0 saturated heterocycles. The summed E-state index contributed by atoms with van der Waals surface area (Å²) in [6, 6.07) is 9.25. The Morgan fingerprint density at radius 3 is 0.971 bits per heavy atom. The van der Waals surface area contributed by atoms with Crippen molar-refractivity contribution in [1.29, 1.82) is 0 Å². The molecule has 0 atom stereocenters. The van der Waals surface area contributed by atoms with E-state index in [9.17, 15) is 14.4 Å². The lowest BCUT2D eigenvalue weighted by molar-refractivity contribution is 0.0200. The number of nitrogens with zero attached hydrogens (tertiary/aromatic N) is 3. The number of rotatable bonds is 6. The fourth-order valence-electron chi connectivity index (χ4n) is 1.62. The van der Waals surface area contributed by atoms with Crippen molar-refractivity contribution in [1.82, 2.24) is 15.0 Å². The first-order valence-corrected chi connectivity index (χ1v) is 9.82. The Bertz CT molecular complexity index is 875. The fraction of sp³-hybridized carbons (Fsp3) is 0.217. The van der Waals surface area contributed by atoms with Crippen molar-refractivity contribution in [2.45, 2.75) is 6.92 Å². The Hall–Kier alpha value is -4.26. The highest BCUT2D eigenvalue weighted by Crippen LogP contribution is 2.11. The third-order valence-electron chi connectivity index (χ3n) is 3.87. The van der Waals surface area contributed by atoms with E-state index in [0.717, 1.165) is 0 Å². The molecule has 12 nitrogen and oxygen atoms in total. The van der Waals surface area contributed by atoms with E-state index in [1.807, 2.05) is 0 Å². The molecule has 0 aliphatic carbocycles. The van der Waals surface area contributed by atoms with Gasteiger partial charge in [0.15, 0.2) is 0 Å². The molecule has 0 bridgehead atoms. The summed E-state index contributed by atoms with van der Waals surface area (Å²) in [5, 5.41) is 50.4. The van der Waals surface area contributed by atoms with Crippen molar-refractivity contribution in [2.24, 2.45) is 5.41 Å². The number of carbonyl (C=O) groups is 3. The highest BCUT2D eigenvalue weighted by atomic mass is 16.4. The Morgan fingerprint density at radius 2 is 0.886 bits per heavy atom. The first kappa shape index (κ1) is 30.7. The summed E-state index contributed by atoms with van der Waals surface area (Å²) in [6.07, 6.45) is 8.53. The number of carboxylic acids is 3. The van der Waals surface area contributed by atoms with Crippen LogP contribution in [-0.4, -0.2) is 83.3 Å². The van der Waals surface area contributed by atoms with E-state index in [1.54, 1.807) is 25.1 Å². The quantitative estimate of drug-likeness (QED) is 0.289. The molecule has 0 unspecified atom stereocenters. The van der Waals surface area contributed by atoms with Gasteiger partial charge in [-0.25, -0.2) is 14.4 Å². The van der Waals surface area contributed by atoms with Crippen LogP contribution >= 0.6 is 0 Å². The van der Waals surface area contributed by atoms with Gasteiger partial charge in [-0.1, -0.05) is 6.92 Å². The third kappa shape index (κ3) is 13.8. The maximum absolute atomic E-state index is 10.2. The average molecular weight is 489 g/mol. The van der Waals surface area contributed by atoms with E-state index < -0.39 is 23.3 Å². The van der Waals surface area contributed by atoms with Crippen molar-refractivity contribution in [2.75, 3.05) is 19.8 Å². The molecule has 188 valence electrons. The molecule has 0 saturated carbocycles. The first-order valence-electron chi connectivity index (χ1n) is 9.82. The molecule has 0 fully saturated rings. The average Bonchev–Trinajstić information content (AvgIpc) is 2.91. The molecule has 6 N–H and O–H groups in total. The van der Waals surface area contributed by atoms with Gasteiger partial charge >= 0.3 is 17.9 Å². The van der Waals surface area contributed by atoms with Crippen LogP contribution in [0.25, 0.3) is 0 Å². The lowest BCUT2D eigenvalue weighted by Gasteiger charge is -2.20. The SMILES string of the molecule is CC(CO)(CO)CO.O=C(O)c1cccnc1.O=C(O)c1cccnc1.O=C(O)c1cccnc1. The summed E-state index contributed by atoms with van der Waals surface area (Å²) in [5.74, 6) is -2.82. The molecule has 3 rings (SSSR count). The lowest BCUT2D eigenvalue weighted by atomic mass is 9.95. The Morgan fingerprint density at radius 1 is 0.629 bits per heavy atom. The number of aliphatic hydroxyl groups excluding tert-OH is 3. The smallest absolute Gasteiger partial charge is 0.337 e. The number of aliphatic hydroxyl groups is 3. The Balaban J connectivity index is 0.000000441. The van der Waals surface area contributed by atoms with Gasteiger partial charge in [-0.3, -0.25) is 15.0 Å². The van der Waals surface area contributed by atoms with Gasteiger partial charge in [-0.2, -0.15) is 0 Å². The van der Waals surface area contributed by atoms with Crippen LogP contribution in [0.5, 0.6) is 0 Å². The lowest BCUT2D eigenvalue weighted by Crippen LogP contribution is -2.29. The minimum atomic E-state index is -0.942. The molecule has 3 aromatic rings. The van der Waals surface area contributed by atoms with Crippen LogP contribution in [-0.2, 0) is 0 Å². The van der Waals surface area contributed by atoms with Crippen molar-refractivity contribution >= 4 is 17.9 Å². The van der Waals surface area contributed by atoms with Gasteiger partial charge in [-0.05, 0) is 36.4 Å². The van der Waals surface area contributed by atoms with Crippen LogP contribution in [0.15, 0.2) is 73.6 Å². The second kappa shape index (κ2) is 17.2. The summed E-state index contributed by atoms with van der Waals surface area (Å²) in [4.78, 5) is 41.4. The third-order valence-corrected chi connectivity index (χ3v) is 3.87. The zero-order chi connectivity index (χ0) is 26.7. The standard InChI is InChI=1S/3C6H5NO2.C5H12O3/c3*8-6(9)5-2-1-3-7-4-5;1-5(2-6,3-7)4-8/h3*1-4H,(H,8,9);6-8H,2-4H2,1H3. The summed E-state index contributed by atoms with van der Waals surface area (Å²) in [7, 11) is 0. The largest absolute Gasteiger partial charge is 0.478 e. The molecule has 35 heavy (non-hydrogen) atoms. The number of aromatic nitrogens is 3. The first-order chi connectivity index (χ1) is 16.6. The van der Waals surface area contributed by atoms with E-state index in [4.69, 9.17) is 30.6 Å². The Kier molecular flexibility index (Phi) is 15.1. The highest BCUT2D eigenvalue weighted by molar-refractivity contribution is 5.87. The maximum Gasteiger partial charge on any atom is 0.337 e. The molecule has 0 aromatic carbocycles. The van der Waals surface area contributed by atoms with Gasteiger partial charge in [0.05, 0.1) is 36.5 Å². The van der Waals surface area contributed by atoms with Crippen LogP contribution in [0.4, 0.5) is 0 Å². The Labute approximate surface area is 200 Å². The molecular formula is C23H27N3O9. The molecule has 0 radical (unpaired) electrons. The van der Waals surface area contributed by atoms with Crippen LogP contribution in [0, 0.1) is 5.41 Å². The zero-order valence-electron chi connectivity index (χ0n) is 18.8. The van der Waals surface area contributed by atoms with Crippen LogP contribution in [0.2, 0.25) is 0 Å². The number of pyridine rings is 3. The van der Waals surface area contributed by atoms with Gasteiger partial charge in [0.1, 0.15) is 0 Å². The summed E-state index contributed by atoms with van der Waals surface area (Å²) in [6.45, 7) is 1.06. The second-order valence-corrected chi connectivity index (χ2v) is 6.93. The van der Waals surface area contributed by atoms with E-state index >= 15 is 0 Å². The monoisotopic (exact) mass is 489 g/mol. The highest BCUT2D eigenvalue weighted by Gasteiger charge is 2.20. The van der Waals surface area contributed by atoms with Crippen molar-refractivity contribution in [3.8, 4) is 0 Å². The van der Waals surface area contributed by atoms with Gasteiger partial charge < -0.3 is 30.6 Å². The van der Waals surface area contributed by atoms with Crippen molar-refractivity contribution in [3.05, 3.63) is 90.3 Å². The van der Waals surface area contributed by atoms with Crippen LogP contribution in [0.3, 0.4) is 0 Å². The van der Waals surface area contributed by atoms with Gasteiger partial charge in [0.2, 0.25) is 0 Å². The molecular weight excluding hydrogens is 462 g/mol. The number of hydrogen-bond donors (Lipinski definition) is 6. The van der Waals surface area contributed by atoms with Crippen molar-refractivity contribution in [3.63, 3.8) is 0 Å². The molecule has 0 aliphatic rings. The van der Waals surface area contributed by atoms with E-state index in [0.29, 0.717) is 0 Å².